The molecule has 4 nitrogen and oxygen atoms in total. The number of benzene rings is 10. The van der Waals surface area contributed by atoms with E-state index in [1.807, 2.05) is 30.3 Å². The largest absolute Gasteiger partial charge is 0.456 e. The van der Waals surface area contributed by atoms with E-state index < -0.39 is 0 Å². The van der Waals surface area contributed by atoms with Gasteiger partial charge >= 0.3 is 0 Å². The third-order valence-electron chi connectivity index (χ3n) is 12.2. The third-order valence-corrected chi connectivity index (χ3v) is 12.2. The first-order valence-corrected chi connectivity index (χ1v) is 20.0. The van der Waals surface area contributed by atoms with Crippen molar-refractivity contribution in [1.82, 2.24) is 15.0 Å². The maximum absolute atomic E-state index is 6.27. The number of furan rings is 1. The average Bonchev–Trinajstić information content (AvgIpc) is 3.68. The van der Waals surface area contributed by atoms with Gasteiger partial charge in [0, 0.05) is 27.5 Å². The Morgan fingerprint density at radius 1 is 0.254 bits per heavy atom. The fourth-order valence-corrected chi connectivity index (χ4v) is 9.51. The first-order chi connectivity index (χ1) is 29.2. The highest BCUT2D eigenvalue weighted by Crippen LogP contribution is 2.44. The summed E-state index contributed by atoms with van der Waals surface area (Å²) in [5.41, 5.74) is 6.66. The van der Waals surface area contributed by atoms with Crippen molar-refractivity contribution in [1.29, 1.82) is 0 Å². The van der Waals surface area contributed by atoms with Crippen molar-refractivity contribution in [3.8, 4) is 45.3 Å². The van der Waals surface area contributed by atoms with Crippen LogP contribution in [-0.2, 0) is 0 Å². The van der Waals surface area contributed by atoms with E-state index >= 15 is 0 Å². The van der Waals surface area contributed by atoms with Crippen molar-refractivity contribution in [3.05, 3.63) is 188 Å². The van der Waals surface area contributed by atoms with Crippen molar-refractivity contribution in [2.75, 3.05) is 0 Å². The predicted molar refractivity (Wildman–Crippen MR) is 245 cm³/mol. The van der Waals surface area contributed by atoms with Crippen LogP contribution in [0.4, 0.5) is 0 Å². The van der Waals surface area contributed by atoms with E-state index in [4.69, 9.17) is 19.4 Å². The van der Waals surface area contributed by atoms with Crippen LogP contribution >= 0.6 is 0 Å². The van der Waals surface area contributed by atoms with Gasteiger partial charge in [0.15, 0.2) is 17.5 Å². The molecule has 0 spiro atoms. The summed E-state index contributed by atoms with van der Waals surface area (Å²) in [4.78, 5) is 15.7. The summed E-state index contributed by atoms with van der Waals surface area (Å²) >= 11 is 0. The molecule has 0 amide bonds. The molecule has 13 rings (SSSR count). The molecule has 2 heterocycles. The molecule has 0 aliphatic heterocycles. The van der Waals surface area contributed by atoms with Gasteiger partial charge in [0.2, 0.25) is 0 Å². The SMILES string of the molecule is c1ccc(-c2nc(-c3cccc(-c4ccc5c(c4)oc4ccccc45)c3)nc(-c3cc4ccc5cccc6c7cccc8ccc9cccc(c(c3)c4c56)c9c87)n2)cc1. The minimum atomic E-state index is 0.616. The molecule has 0 radical (unpaired) electrons. The van der Waals surface area contributed by atoms with Crippen molar-refractivity contribution < 1.29 is 4.42 Å². The van der Waals surface area contributed by atoms with E-state index in [2.05, 4.69) is 158 Å². The molecule has 4 heteroatoms. The molecule has 0 saturated heterocycles. The van der Waals surface area contributed by atoms with Crippen molar-refractivity contribution in [2.45, 2.75) is 0 Å². The lowest BCUT2D eigenvalue weighted by molar-refractivity contribution is 0.669. The molecule has 0 saturated carbocycles. The Morgan fingerprint density at radius 2 is 0.746 bits per heavy atom. The molecule has 0 bridgehead atoms. The molecular formula is C55H31N3O. The molecule has 0 unspecified atom stereocenters. The standard InChI is InChI=1S/C55H31N3O/c1-2-10-35(11-3-1)53-56-54(39-16-6-15-36(28-39)37-26-27-42-41-17-4-5-21-47(41)59-48(42)31-37)58-55(57-53)40-29-38-25-24-34-13-8-19-44-43-18-7-12-32-22-23-33-14-9-20-45(51(33)49(32)43)46(30-40)52(38)50(34)44/h1-31H. The van der Waals surface area contributed by atoms with Gasteiger partial charge in [-0.05, 0) is 112 Å². The molecule has 0 N–H and O–H groups in total. The quantitative estimate of drug-likeness (QED) is 0.168. The number of nitrogens with zero attached hydrogens (tertiary/aromatic N) is 3. The topological polar surface area (TPSA) is 51.8 Å². The second kappa shape index (κ2) is 12.3. The van der Waals surface area contributed by atoms with E-state index in [9.17, 15) is 0 Å². The Balaban J connectivity index is 1.07. The zero-order chi connectivity index (χ0) is 38.6. The third kappa shape index (κ3) is 4.87. The Bertz CT molecular complexity index is 3840. The summed E-state index contributed by atoms with van der Waals surface area (Å²) in [6.45, 7) is 0. The summed E-state index contributed by atoms with van der Waals surface area (Å²) < 4.78 is 6.27. The molecule has 11 aromatic carbocycles. The van der Waals surface area contributed by atoms with Crippen LogP contribution in [0.5, 0.6) is 0 Å². The van der Waals surface area contributed by atoms with E-state index in [1.165, 1.54) is 59.2 Å². The molecule has 0 aliphatic carbocycles. The highest BCUT2D eigenvalue weighted by Gasteiger charge is 2.19. The van der Waals surface area contributed by atoms with Crippen molar-refractivity contribution in [3.63, 3.8) is 0 Å². The van der Waals surface area contributed by atoms with Crippen LogP contribution in [0.2, 0.25) is 0 Å². The van der Waals surface area contributed by atoms with E-state index in [1.54, 1.807) is 0 Å². The van der Waals surface area contributed by atoms with E-state index in [0.29, 0.717) is 17.5 Å². The summed E-state index contributed by atoms with van der Waals surface area (Å²) in [5.74, 6) is 1.87. The molecule has 0 atom stereocenters. The molecule has 13 aromatic rings. The smallest absolute Gasteiger partial charge is 0.164 e. The molecule has 272 valence electrons. The Morgan fingerprint density at radius 3 is 1.46 bits per heavy atom. The summed E-state index contributed by atoms with van der Waals surface area (Å²) in [7, 11) is 0. The first kappa shape index (κ1) is 32.2. The Hall–Kier alpha value is -7.95. The van der Waals surface area contributed by atoms with Crippen LogP contribution in [0.3, 0.4) is 0 Å². The van der Waals surface area contributed by atoms with Gasteiger partial charge in [-0.3, -0.25) is 0 Å². The monoisotopic (exact) mass is 749 g/mol. The van der Waals surface area contributed by atoms with Crippen LogP contribution in [0, 0.1) is 0 Å². The van der Waals surface area contributed by atoms with Crippen LogP contribution in [-0.4, -0.2) is 15.0 Å². The van der Waals surface area contributed by atoms with Crippen molar-refractivity contribution in [2.24, 2.45) is 0 Å². The summed E-state index contributed by atoms with van der Waals surface area (Å²) in [6.07, 6.45) is 0. The lowest BCUT2D eigenvalue weighted by atomic mass is 9.87. The number of hydrogen-bond donors (Lipinski definition) is 0. The summed E-state index contributed by atoms with van der Waals surface area (Å²) in [5, 5.41) is 17.0. The highest BCUT2D eigenvalue weighted by atomic mass is 16.3. The van der Waals surface area contributed by atoms with Gasteiger partial charge in [-0.25, -0.2) is 15.0 Å². The van der Waals surface area contributed by atoms with E-state index in [0.717, 1.165) is 55.1 Å². The number of rotatable bonds is 4. The Kier molecular flexibility index (Phi) is 6.69. The molecular weight excluding hydrogens is 719 g/mol. The molecule has 0 aliphatic rings. The molecule has 0 fully saturated rings. The number of hydrogen-bond acceptors (Lipinski definition) is 4. The maximum Gasteiger partial charge on any atom is 0.164 e. The van der Waals surface area contributed by atoms with Gasteiger partial charge in [0.25, 0.3) is 0 Å². The zero-order valence-electron chi connectivity index (χ0n) is 31.6. The average molecular weight is 750 g/mol. The van der Waals surface area contributed by atoms with Gasteiger partial charge in [-0.2, -0.15) is 0 Å². The maximum atomic E-state index is 6.27. The van der Waals surface area contributed by atoms with Gasteiger partial charge in [-0.1, -0.05) is 152 Å². The minimum Gasteiger partial charge on any atom is -0.456 e. The van der Waals surface area contributed by atoms with Crippen LogP contribution < -0.4 is 0 Å². The number of aromatic nitrogens is 3. The lowest BCUT2D eigenvalue weighted by Crippen LogP contribution is -2.00. The van der Waals surface area contributed by atoms with Crippen LogP contribution in [0.15, 0.2) is 192 Å². The fraction of sp³-hybridized carbons (Fsp3) is 0. The molecule has 59 heavy (non-hydrogen) atoms. The minimum absolute atomic E-state index is 0.616. The second-order valence-corrected chi connectivity index (χ2v) is 15.5. The zero-order valence-corrected chi connectivity index (χ0v) is 31.6. The second-order valence-electron chi connectivity index (χ2n) is 15.5. The Labute approximate surface area is 338 Å². The summed E-state index contributed by atoms with van der Waals surface area (Å²) in [6, 6.07) is 67.0. The fourth-order valence-electron chi connectivity index (χ4n) is 9.51. The van der Waals surface area contributed by atoms with Gasteiger partial charge in [-0.15, -0.1) is 0 Å². The van der Waals surface area contributed by atoms with Gasteiger partial charge in [0.05, 0.1) is 0 Å². The lowest BCUT2D eigenvalue weighted by Gasteiger charge is -2.17. The van der Waals surface area contributed by atoms with Crippen LogP contribution in [0.1, 0.15) is 0 Å². The van der Waals surface area contributed by atoms with Crippen molar-refractivity contribution >= 4 is 86.6 Å². The predicted octanol–water partition coefficient (Wildman–Crippen LogP) is 14.8. The number of fused-ring (bicyclic) bond motifs is 5. The number of para-hydroxylation sites is 1. The molecule has 2 aromatic heterocycles. The van der Waals surface area contributed by atoms with E-state index in [-0.39, 0.29) is 0 Å². The normalized spacial score (nSPS) is 12.1. The highest BCUT2D eigenvalue weighted by molar-refractivity contribution is 6.37. The van der Waals surface area contributed by atoms with Crippen LogP contribution in [0.25, 0.3) is 132 Å². The first-order valence-electron chi connectivity index (χ1n) is 20.0. The van der Waals surface area contributed by atoms with Gasteiger partial charge in [0.1, 0.15) is 11.2 Å². The van der Waals surface area contributed by atoms with Gasteiger partial charge < -0.3 is 4.42 Å².